The number of hydrogen-bond donors (Lipinski definition) is 0. The molecule has 2 aromatic rings. The lowest BCUT2D eigenvalue weighted by Crippen LogP contribution is -2.21. The Balaban J connectivity index is 2.38. The van der Waals surface area contributed by atoms with Crippen molar-refractivity contribution in [2.45, 2.75) is 0 Å². The molecule has 102 valence electrons. The molecule has 0 aliphatic rings. The quantitative estimate of drug-likeness (QED) is 0.633. The first-order valence-corrected chi connectivity index (χ1v) is 7.36. The number of hydrogen-bond acceptors (Lipinski definition) is 4. The van der Waals surface area contributed by atoms with E-state index in [1.807, 2.05) is 29.2 Å². The van der Waals surface area contributed by atoms with E-state index in [0.29, 0.717) is 9.88 Å². The highest BCUT2D eigenvalue weighted by Gasteiger charge is 2.16. The minimum absolute atomic E-state index is 0.275. The van der Waals surface area contributed by atoms with Crippen molar-refractivity contribution >= 4 is 39.7 Å². The van der Waals surface area contributed by atoms with Crippen molar-refractivity contribution in [2.75, 3.05) is 10.8 Å². The van der Waals surface area contributed by atoms with Crippen LogP contribution in [0.3, 0.4) is 0 Å². The molecule has 0 saturated carbocycles. The third kappa shape index (κ3) is 3.79. The molecule has 0 fully saturated rings. The summed E-state index contributed by atoms with van der Waals surface area (Å²) in [6, 6.07) is 12.9. The summed E-state index contributed by atoms with van der Waals surface area (Å²) in [7, 11) is 0. The second-order valence-corrected chi connectivity index (χ2v) is 5.48. The summed E-state index contributed by atoms with van der Waals surface area (Å²) in [5.74, 6) is 0.275. The molecular weight excluding hydrogens is 300 g/mol. The van der Waals surface area contributed by atoms with Crippen LogP contribution in [0.5, 0.6) is 0 Å². The predicted octanol–water partition coefficient (Wildman–Crippen LogP) is 3.99. The molecule has 0 unspecified atom stereocenters. The number of rotatable bonds is 3. The molecular formula is C15H10N4S2. The van der Waals surface area contributed by atoms with Crippen LogP contribution >= 0.6 is 24.0 Å². The number of pyridine rings is 1. The zero-order chi connectivity index (χ0) is 15.1. The summed E-state index contributed by atoms with van der Waals surface area (Å²) in [5.41, 5.74) is 2.31. The monoisotopic (exact) mass is 310 g/mol. The van der Waals surface area contributed by atoms with Crippen LogP contribution in [0.1, 0.15) is 5.56 Å². The van der Waals surface area contributed by atoms with Gasteiger partial charge in [0.25, 0.3) is 5.88 Å². The van der Waals surface area contributed by atoms with Gasteiger partial charge in [0.2, 0.25) is 0 Å². The zero-order valence-electron chi connectivity index (χ0n) is 10.9. The first-order valence-electron chi connectivity index (χ1n) is 5.96. The van der Waals surface area contributed by atoms with E-state index >= 15 is 0 Å². The molecule has 0 N–H and O–H groups in total. The van der Waals surface area contributed by atoms with E-state index in [2.05, 4.69) is 15.9 Å². The first kappa shape index (κ1) is 15.0. The third-order valence-corrected chi connectivity index (χ3v) is 3.83. The Labute approximate surface area is 132 Å². The number of nitriles is 1. The topological polar surface area (TPSA) is 44.3 Å². The average Bonchev–Trinajstić information content (AvgIpc) is 2.55. The molecule has 0 bridgehead atoms. The molecule has 0 radical (unpaired) electrons. The smallest absolute Gasteiger partial charge is 0.266 e. The lowest BCUT2D eigenvalue weighted by Gasteiger charge is -2.23. The summed E-state index contributed by atoms with van der Waals surface area (Å²) >= 11 is 6.73. The van der Waals surface area contributed by atoms with Gasteiger partial charge >= 0.3 is 0 Å². The molecule has 4 nitrogen and oxygen atoms in total. The fourth-order valence-electron chi connectivity index (χ4n) is 1.69. The number of aromatic nitrogens is 1. The van der Waals surface area contributed by atoms with Crippen molar-refractivity contribution in [2.24, 2.45) is 0 Å². The minimum atomic E-state index is 0.275. The molecule has 2 rings (SSSR count). The summed E-state index contributed by atoms with van der Waals surface area (Å²) < 4.78 is 0.585. The van der Waals surface area contributed by atoms with Crippen LogP contribution in [-0.2, 0) is 0 Å². The van der Waals surface area contributed by atoms with Crippen LogP contribution < -0.4 is 4.90 Å². The number of benzene rings is 1. The van der Waals surface area contributed by atoms with Crippen molar-refractivity contribution in [3.8, 4) is 6.07 Å². The first-order chi connectivity index (χ1) is 10.3. The maximum Gasteiger partial charge on any atom is 0.266 e. The predicted molar refractivity (Wildman–Crippen MR) is 89.2 cm³/mol. The Bertz CT molecular complexity index is 699. The van der Waals surface area contributed by atoms with E-state index < -0.39 is 0 Å². The normalized spacial score (nSPS) is 9.43. The lowest BCUT2D eigenvalue weighted by molar-refractivity contribution is 1.29. The van der Waals surface area contributed by atoms with Crippen LogP contribution in [-0.4, -0.2) is 15.2 Å². The highest BCUT2D eigenvalue weighted by Crippen LogP contribution is 2.29. The van der Waals surface area contributed by atoms with Crippen molar-refractivity contribution in [1.29, 1.82) is 5.26 Å². The van der Waals surface area contributed by atoms with Gasteiger partial charge in [-0.2, -0.15) is 5.26 Å². The minimum Gasteiger partial charge on any atom is -0.305 e. The van der Waals surface area contributed by atoms with Gasteiger partial charge in [-0.15, -0.1) is 0 Å². The standard InChI is InChI=1S/C15H10N4S2/c1-17-11-21-15(20)19(14-6-8-18-9-7-14)13-4-2-12(10-16)3-5-13/h2-9H,11H2. The summed E-state index contributed by atoms with van der Waals surface area (Å²) in [4.78, 5) is 9.19. The molecule has 0 atom stereocenters. The number of thiocarbonyl (C=S) groups is 1. The Kier molecular flexibility index (Phi) is 5.28. The maximum absolute atomic E-state index is 8.87. The molecule has 0 amide bonds. The zero-order valence-corrected chi connectivity index (χ0v) is 12.6. The fraction of sp³-hybridized carbons (Fsp3) is 0.0667. The van der Waals surface area contributed by atoms with Gasteiger partial charge < -0.3 is 4.85 Å². The molecule has 0 saturated heterocycles. The van der Waals surface area contributed by atoms with Crippen LogP contribution in [0.4, 0.5) is 11.4 Å². The van der Waals surface area contributed by atoms with Crippen LogP contribution in [0, 0.1) is 17.9 Å². The van der Waals surface area contributed by atoms with Gasteiger partial charge in [0, 0.05) is 18.1 Å². The number of nitrogens with zero attached hydrogens (tertiary/aromatic N) is 4. The summed E-state index contributed by atoms with van der Waals surface area (Å²) in [6.45, 7) is 6.88. The molecule has 0 spiro atoms. The van der Waals surface area contributed by atoms with Gasteiger partial charge in [-0.25, -0.2) is 6.57 Å². The van der Waals surface area contributed by atoms with Crippen LogP contribution in [0.2, 0.25) is 0 Å². The molecule has 0 aliphatic carbocycles. The molecule has 1 aromatic carbocycles. The fourth-order valence-corrected chi connectivity index (χ4v) is 2.57. The average molecular weight is 310 g/mol. The highest BCUT2D eigenvalue weighted by molar-refractivity contribution is 8.23. The number of thioether (sulfide) groups is 1. The van der Waals surface area contributed by atoms with Gasteiger partial charge in [0.05, 0.1) is 17.3 Å². The SMILES string of the molecule is [C-]#[N+]CSC(=S)N(c1ccncc1)c1ccc(C#N)cc1. The Morgan fingerprint density at radius 3 is 2.43 bits per heavy atom. The Morgan fingerprint density at radius 2 is 1.86 bits per heavy atom. The summed E-state index contributed by atoms with van der Waals surface area (Å²) in [6.07, 6.45) is 3.38. The molecule has 0 aliphatic heterocycles. The summed E-state index contributed by atoms with van der Waals surface area (Å²) in [5, 5.41) is 8.87. The van der Waals surface area contributed by atoms with Gasteiger partial charge in [0.1, 0.15) is 0 Å². The van der Waals surface area contributed by atoms with Gasteiger partial charge in [-0.05, 0) is 48.2 Å². The Hall–Kier alpha value is -2.41. The highest BCUT2D eigenvalue weighted by atomic mass is 32.2. The molecule has 1 heterocycles. The molecule has 21 heavy (non-hydrogen) atoms. The van der Waals surface area contributed by atoms with Gasteiger partial charge in [-0.1, -0.05) is 12.2 Å². The largest absolute Gasteiger partial charge is 0.305 e. The van der Waals surface area contributed by atoms with Crippen molar-refractivity contribution in [1.82, 2.24) is 4.98 Å². The van der Waals surface area contributed by atoms with E-state index in [1.54, 1.807) is 24.5 Å². The van der Waals surface area contributed by atoms with Crippen molar-refractivity contribution < 1.29 is 0 Å². The van der Waals surface area contributed by atoms with Crippen molar-refractivity contribution in [3.63, 3.8) is 0 Å². The Morgan fingerprint density at radius 1 is 1.24 bits per heavy atom. The van der Waals surface area contributed by atoms with E-state index in [-0.39, 0.29) is 5.88 Å². The van der Waals surface area contributed by atoms with E-state index in [4.69, 9.17) is 24.1 Å². The van der Waals surface area contributed by atoms with E-state index in [1.165, 1.54) is 11.8 Å². The van der Waals surface area contributed by atoms with E-state index in [9.17, 15) is 0 Å². The second-order valence-electron chi connectivity index (χ2n) is 3.90. The van der Waals surface area contributed by atoms with Gasteiger partial charge in [0.15, 0.2) is 4.32 Å². The van der Waals surface area contributed by atoms with Crippen LogP contribution in [0.25, 0.3) is 4.85 Å². The second kappa shape index (κ2) is 7.39. The maximum atomic E-state index is 8.87. The van der Waals surface area contributed by atoms with Gasteiger partial charge in [-0.3, -0.25) is 9.88 Å². The third-order valence-electron chi connectivity index (χ3n) is 2.61. The lowest BCUT2D eigenvalue weighted by atomic mass is 10.2. The molecule has 6 heteroatoms. The molecule has 1 aromatic heterocycles. The van der Waals surface area contributed by atoms with Crippen molar-refractivity contribution in [3.05, 3.63) is 65.8 Å². The number of anilines is 2. The van der Waals surface area contributed by atoms with E-state index in [0.717, 1.165) is 11.4 Å². The van der Waals surface area contributed by atoms with Crippen LogP contribution in [0.15, 0.2) is 48.8 Å².